The number of fused-ring (bicyclic) bond motifs is 1. The second kappa shape index (κ2) is 4.90. The third-order valence-corrected chi connectivity index (χ3v) is 6.09. The number of aliphatic hydroxyl groups excluding tert-OH is 1. The minimum absolute atomic E-state index is 0.0597. The van der Waals surface area contributed by atoms with Gasteiger partial charge in [-0.15, -0.1) is 0 Å². The number of hydrogen-bond donors (Lipinski definition) is 1. The zero-order valence-corrected chi connectivity index (χ0v) is 11.8. The maximum Gasteiger partial charge on any atom is 0.150 e. The van der Waals surface area contributed by atoms with Gasteiger partial charge in [-0.2, -0.15) is 0 Å². The minimum Gasteiger partial charge on any atom is -0.396 e. The van der Waals surface area contributed by atoms with Gasteiger partial charge < -0.3 is 9.67 Å². The first-order chi connectivity index (χ1) is 9.07. The molecule has 106 valence electrons. The zero-order chi connectivity index (χ0) is 13.5. The van der Waals surface area contributed by atoms with E-state index in [9.17, 15) is 13.5 Å². The second-order valence-electron chi connectivity index (χ2n) is 5.77. The number of rotatable bonds is 2. The molecule has 1 saturated heterocycles. The Hall–Kier alpha value is -0.880. The Bertz CT molecular complexity index is 564. The molecule has 0 amide bonds. The molecule has 0 spiro atoms. The van der Waals surface area contributed by atoms with Crippen LogP contribution in [0.2, 0.25) is 0 Å². The third-order valence-electron chi connectivity index (χ3n) is 4.27. The molecular formula is C13H20N2O3S. The molecule has 2 atom stereocenters. The molecule has 2 aliphatic rings. The highest BCUT2D eigenvalue weighted by molar-refractivity contribution is 7.91. The quantitative estimate of drug-likeness (QED) is 0.869. The SMILES string of the molecule is O=S1(=O)CCCC(c2cn3c(n2)CC(CO)CC3)C1. The highest BCUT2D eigenvalue weighted by Gasteiger charge is 2.29. The Kier molecular flexibility index (Phi) is 3.39. The molecule has 1 N–H and O–H groups in total. The van der Waals surface area contributed by atoms with E-state index in [4.69, 9.17) is 0 Å². The van der Waals surface area contributed by atoms with Gasteiger partial charge in [-0.25, -0.2) is 13.4 Å². The molecule has 0 aromatic carbocycles. The van der Waals surface area contributed by atoms with Crippen molar-refractivity contribution in [3.05, 3.63) is 17.7 Å². The first-order valence-corrected chi connectivity index (χ1v) is 8.77. The number of hydrogen-bond acceptors (Lipinski definition) is 4. The normalized spacial score (nSPS) is 29.9. The molecule has 1 aromatic heterocycles. The van der Waals surface area contributed by atoms with Crippen molar-refractivity contribution in [2.24, 2.45) is 5.92 Å². The predicted octanol–water partition coefficient (Wildman–Crippen LogP) is 0.730. The number of imidazole rings is 1. The van der Waals surface area contributed by atoms with Crippen molar-refractivity contribution >= 4 is 9.84 Å². The van der Waals surface area contributed by atoms with Crippen molar-refractivity contribution in [1.82, 2.24) is 9.55 Å². The van der Waals surface area contributed by atoms with Gasteiger partial charge in [0.15, 0.2) is 9.84 Å². The van der Waals surface area contributed by atoms with E-state index in [1.54, 1.807) is 0 Å². The summed E-state index contributed by atoms with van der Waals surface area (Å²) in [5.41, 5.74) is 0.928. The lowest BCUT2D eigenvalue weighted by Crippen LogP contribution is -2.23. The van der Waals surface area contributed by atoms with Gasteiger partial charge in [-0.05, 0) is 25.2 Å². The van der Waals surface area contributed by atoms with Crippen LogP contribution < -0.4 is 0 Å². The first-order valence-electron chi connectivity index (χ1n) is 6.94. The number of aromatic nitrogens is 2. The summed E-state index contributed by atoms with van der Waals surface area (Å²) in [6.07, 6.45) is 5.46. The average Bonchev–Trinajstić information content (AvgIpc) is 2.80. The van der Waals surface area contributed by atoms with Gasteiger partial charge in [0.1, 0.15) is 5.82 Å². The fourth-order valence-electron chi connectivity index (χ4n) is 3.12. The topological polar surface area (TPSA) is 72.2 Å². The molecule has 3 rings (SSSR count). The number of aliphatic hydroxyl groups is 1. The molecule has 0 radical (unpaired) electrons. The summed E-state index contributed by atoms with van der Waals surface area (Å²) in [5, 5.41) is 9.22. The van der Waals surface area contributed by atoms with Crippen molar-refractivity contribution < 1.29 is 13.5 Å². The summed E-state index contributed by atoms with van der Waals surface area (Å²) < 4.78 is 25.5. The zero-order valence-electron chi connectivity index (χ0n) is 11.0. The van der Waals surface area contributed by atoms with Crippen molar-refractivity contribution in [3.8, 4) is 0 Å². The summed E-state index contributed by atoms with van der Waals surface area (Å²) >= 11 is 0. The van der Waals surface area contributed by atoms with Gasteiger partial charge in [0, 0.05) is 31.7 Å². The van der Waals surface area contributed by atoms with Crippen LogP contribution >= 0.6 is 0 Å². The Morgan fingerprint density at radius 1 is 1.42 bits per heavy atom. The summed E-state index contributed by atoms with van der Waals surface area (Å²) in [6, 6.07) is 0. The van der Waals surface area contributed by atoms with E-state index in [0.29, 0.717) is 11.7 Å². The lowest BCUT2D eigenvalue weighted by molar-refractivity contribution is 0.199. The molecule has 2 unspecified atom stereocenters. The number of nitrogens with zero attached hydrogens (tertiary/aromatic N) is 2. The monoisotopic (exact) mass is 284 g/mol. The maximum absolute atomic E-state index is 11.7. The smallest absolute Gasteiger partial charge is 0.150 e. The van der Waals surface area contributed by atoms with E-state index in [2.05, 4.69) is 9.55 Å². The standard InChI is InChI=1S/C13H20N2O3S/c16-8-10-3-4-15-7-12(14-13(15)6-10)11-2-1-5-19(17,18)9-11/h7,10-11,16H,1-6,8-9H2. The third kappa shape index (κ3) is 2.69. The van der Waals surface area contributed by atoms with E-state index in [1.165, 1.54) is 0 Å². The van der Waals surface area contributed by atoms with Crippen LogP contribution in [0.3, 0.4) is 0 Å². The van der Waals surface area contributed by atoms with E-state index in [1.807, 2.05) is 6.20 Å². The highest BCUT2D eigenvalue weighted by Crippen LogP contribution is 2.29. The van der Waals surface area contributed by atoms with Crippen LogP contribution in [0, 0.1) is 5.92 Å². The van der Waals surface area contributed by atoms with E-state index in [-0.39, 0.29) is 18.3 Å². The van der Waals surface area contributed by atoms with E-state index in [0.717, 1.165) is 43.7 Å². The molecular weight excluding hydrogens is 264 g/mol. The van der Waals surface area contributed by atoms with Crippen LogP contribution in [-0.4, -0.2) is 41.2 Å². The van der Waals surface area contributed by atoms with Gasteiger partial charge in [-0.3, -0.25) is 0 Å². The van der Waals surface area contributed by atoms with Gasteiger partial charge in [0.2, 0.25) is 0 Å². The molecule has 19 heavy (non-hydrogen) atoms. The first kappa shape index (κ1) is 13.1. The van der Waals surface area contributed by atoms with Crippen molar-refractivity contribution in [1.29, 1.82) is 0 Å². The number of sulfone groups is 1. The van der Waals surface area contributed by atoms with Crippen LogP contribution in [0.1, 0.15) is 36.7 Å². The van der Waals surface area contributed by atoms with E-state index >= 15 is 0 Å². The summed E-state index contributed by atoms with van der Waals surface area (Å²) in [5.74, 6) is 1.93. The average molecular weight is 284 g/mol. The lowest BCUT2D eigenvalue weighted by atomic mass is 9.99. The van der Waals surface area contributed by atoms with E-state index < -0.39 is 9.84 Å². The Morgan fingerprint density at radius 3 is 3.00 bits per heavy atom. The van der Waals surface area contributed by atoms with Gasteiger partial charge in [0.05, 0.1) is 17.2 Å². The molecule has 6 heteroatoms. The van der Waals surface area contributed by atoms with Crippen LogP contribution in [0.15, 0.2) is 6.20 Å². The molecule has 1 fully saturated rings. The fourth-order valence-corrected chi connectivity index (χ4v) is 4.85. The Labute approximate surface area is 113 Å². The predicted molar refractivity (Wildman–Crippen MR) is 71.8 cm³/mol. The molecule has 1 aromatic rings. The second-order valence-corrected chi connectivity index (χ2v) is 8.00. The van der Waals surface area contributed by atoms with Crippen molar-refractivity contribution in [2.75, 3.05) is 18.1 Å². The summed E-state index contributed by atoms with van der Waals surface area (Å²) in [4.78, 5) is 4.63. The molecule has 0 bridgehead atoms. The lowest BCUT2D eigenvalue weighted by Gasteiger charge is -2.20. The van der Waals surface area contributed by atoms with Crippen LogP contribution in [-0.2, 0) is 22.8 Å². The highest BCUT2D eigenvalue weighted by atomic mass is 32.2. The minimum atomic E-state index is -2.89. The largest absolute Gasteiger partial charge is 0.396 e. The number of aryl methyl sites for hydroxylation is 1. The van der Waals surface area contributed by atoms with Crippen molar-refractivity contribution in [2.45, 2.75) is 38.1 Å². The van der Waals surface area contributed by atoms with Crippen LogP contribution in [0.25, 0.3) is 0 Å². The molecule has 2 aliphatic heterocycles. The Balaban J connectivity index is 1.81. The summed E-state index contributed by atoms with van der Waals surface area (Å²) in [6.45, 7) is 1.09. The van der Waals surface area contributed by atoms with Crippen LogP contribution in [0.5, 0.6) is 0 Å². The summed E-state index contributed by atoms with van der Waals surface area (Å²) in [7, 11) is -2.89. The van der Waals surface area contributed by atoms with Gasteiger partial charge >= 0.3 is 0 Å². The fraction of sp³-hybridized carbons (Fsp3) is 0.769. The van der Waals surface area contributed by atoms with Crippen molar-refractivity contribution in [3.63, 3.8) is 0 Å². The molecule has 3 heterocycles. The van der Waals surface area contributed by atoms with Gasteiger partial charge in [0.25, 0.3) is 0 Å². The molecule has 0 aliphatic carbocycles. The Morgan fingerprint density at radius 2 is 2.26 bits per heavy atom. The molecule has 0 saturated carbocycles. The van der Waals surface area contributed by atoms with Crippen LogP contribution in [0.4, 0.5) is 0 Å². The maximum atomic E-state index is 11.7. The molecule has 5 nitrogen and oxygen atoms in total. The van der Waals surface area contributed by atoms with Gasteiger partial charge in [-0.1, -0.05) is 0 Å².